The molecule has 30 heavy (non-hydrogen) atoms. The Morgan fingerprint density at radius 3 is 2.43 bits per heavy atom. The highest BCUT2D eigenvalue weighted by molar-refractivity contribution is 7.92. The average Bonchev–Trinajstić information content (AvgIpc) is 2.70. The van der Waals surface area contributed by atoms with Gasteiger partial charge < -0.3 is 15.0 Å². The van der Waals surface area contributed by atoms with E-state index in [0.717, 1.165) is 22.5 Å². The molecular formula is C20H32N4O5S. The van der Waals surface area contributed by atoms with Crippen LogP contribution in [0.5, 0.6) is 0 Å². The van der Waals surface area contributed by atoms with Crippen LogP contribution in [0.15, 0.2) is 24.3 Å². The Morgan fingerprint density at radius 1 is 1.17 bits per heavy atom. The Morgan fingerprint density at radius 2 is 1.83 bits per heavy atom. The van der Waals surface area contributed by atoms with Crippen molar-refractivity contribution in [3.63, 3.8) is 0 Å². The zero-order chi connectivity index (χ0) is 22.1. The van der Waals surface area contributed by atoms with Gasteiger partial charge in [0.1, 0.15) is 6.54 Å². The Balaban J connectivity index is 1.87. The summed E-state index contributed by atoms with van der Waals surface area (Å²) in [6.07, 6.45) is 1.87. The van der Waals surface area contributed by atoms with Gasteiger partial charge in [-0.05, 0) is 25.0 Å². The van der Waals surface area contributed by atoms with Gasteiger partial charge in [0.15, 0.2) is 0 Å². The first-order valence-corrected chi connectivity index (χ1v) is 11.9. The van der Waals surface area contributed by atoms with E-state index >= 15 is 0 Å². The molecule has 0 aliphatic carbocycles. The zero-order valence-electron chi connectivity index (χ0n) is 18.0. The molecule has 9 nitrogen and oxygen atoms in total. The van der Waals surface area contributed by atoms with Gasteiger partial charge in [0.05, 0.1) is 18.5 Å². The maximum absolute atomic E-state index is 12.8. The second-order valence-electron chi connectivity index (χ2n) is 7.41. The molecule has 2 amide bonds. The number of nitrogens with one attached hydrogen (secondary N) is 1. The van der Waals surface area contributed by atoms with E-state index in [4.69, 9.17) is 4.74 Å². The van der Waals surface area contributed by atoms with Crippen LogP contribution in [0.2, 0.25) is 0 Å². The Labute approximate surface area is 179 Å². The fraction of sp³-hybridized carbons (Fsp3) is 0.600. The minimum absolute atomic E-state index is 0.0475. The van der Waals surface area contributed by atoms with E-state index in [-0.39, 0.29) is 24.9 Å². The molecule has 1 aliphatic rings. The molecule has 1 aromatic rings. The number of anilines is 1. The smallest absolute Gasteiger partial charge is 0.243 e. The molecule has 0 atom stereocenters. The second kappa shape index (κ2) is 11.3. The number of rotatable bonds is 10. The van der Waals surface area contributed by atoms with Crippen LogP contribution in [0.25, 0.3) is 0 Å². The Bertz CT molecular complexity index is 822. The molecule has 0 spiro atoms. The fourth-order valence-corrected chi connectivity index (χ4v) is 4.21. The van der Waals surface area contributed by atoms with Gasteiger partial charge in [-0.3, -0.25) is 18.8 Å². The number of aryl methyl sites for hydroxylation is 1. The minimum Gasteiger partial charge on any atom is -0.385 e. The summed E-state index contributed by atoms with van der Waals surface area (Å²) >= 11 is 0. The topological polar surface area (TPSA) is 99.3 Å². The van der Waals surface area contributed by atoms with Crippen LogP contribution in [-0.4, -0.2) is 95.8 Å². The van der Waals surface area contributed by atoms with Gasteiger partial charge in [0, 0.05) is 46.4 Å². The summed E-state index contributed by atoms with van der Waals surface area (Å²) < 4.78 is 30.7. The largest absolute Gasteiger partial charge is 0.385 e. The van der Waals surface area contributed by atoms with Gasteiger partial charge in [0.2, 0.25) is 21.8 Å². The van der Waals surface area contributed by atoms with Crippen molar-refractivity contribution >= 4 is 27.5 Å². The van der Waals surface area contributed by atoms with Crippen molar-refractivity contribution in [3.8, 4) is 0 Å². The molecule has 0 aromatic heterocycles. The van der Waals surface area contributed by atoms with E-state index in [0.29, 0.717) is 45.0 Å². The normalized spacial score (nSPS) is 15.1. The summed E-state index contributed by atoms with van der Waals surface area (Å²) in [6.45, 7) is 5.11. The number of nitrogens with zero attached hydrogens (tertiary/aromatic N) is 3. The molecule has 0 radical (unpaired) electrons. The van der Waals surface area contributed by atoms with Crippen molar-refractivity contribution in [2.45, 2.75) is 13.3 Å². The number of methoxy groups -OCH3 is 1. The SMILES string of the molecule is COCCCNC(=O)CN1CCN(C(=O)CN(c2ccccc2C)S(C)(=O)=O)CC1. The predicted octanol–water partition coefficient (Wildman–Crippen LogP) is 0.0579. The molecule has 0 saturated carbocycles. The van der Waals surface area contributed by atoms with Crippen LogP contribution < -0.4 is 9.62 Å². The number of carbonyl (C=O) groups excluding carboxylic acids is 2. The van der Waals surface area contributed by atoms with Crippen LogP contribution >= 0.6 is 0 Å². The third-order valence-corrected chi connectivity index (χ3v) is 6.13. The number of carbonyl (C=O) groups is 2. The summed E-state index contributed by atoms with van der Waals surface area (Å²) in [5.41, 5.74) is 1.30. The van der Waals surface area contributed by atoms with Crippen LogP contribution in [0.4, 0.5) is 5.69 Å². The molecule has 1 heterocycles. The number of ether oxygens (including phenoxy) is 1. The molecule has 168 valence electrons. The van der Waals surface area contributed by atoms with E-state index in [1.807, 2.05) is 24.0 Å². The third-order valence-electron chi connectivity index (χ3n) is 5.00. The molecule has 0 unspecified atom stereocenters. The fourth-order valence-electron chi connectivity index (χ4n) is 3.31. The summed E-state index contributed by atoms with van der Waals surface area (Å²) in [6, 6.07) is 7.10. The number of piperazine rings is 1. The molecule has 2 rings (SSSR count). The van der Waals surface area contributed by atoms with Crippen molar-refractivity contribution in [2.24, 2.45) is 0 Å². The zero-order valence-corrected chi connectivity index (χ0v) is 18.8. The van der Waals surface area contributed by atoms with E-state index < -0.39 is 10.0 Å². The first-order valence-electron chi connectivity index (χ1n) is 10.0. The molecule has 10 heteroatoms. The van der Waals surface area contributed by atoms with Crippen molar-refractivity contribution in [2.75, 3.05) is 70.1 Å². The Kier molecular flexibility index (Phi) is 9.07. The van der Waals surface area contributed by atoms with Gasteiger partial charge in [-0.1, -0.05) is 18.2 Å². The van der Waals surface area contributed by atoms with E-state index in [1.165, 1.54) is 0 Å². The van der Waals surface area contributed by atoms with Crippen molar-refractivity contribution < 1.29 is 22.7 Å². The third kappa shape index (κ3) is 7.26. The van der Waals surface area contributed by atoms with E-state index in [1.54, 1.807) is 24.1 Å². The second-order valence-corrected chi connectivity index (χ2v) is 9.32. The lowest BCUT2D eigenvalue weighted by Gasteiger charge is -2.35. The van der Waals surface area contributed by atoms with Gasteiger partial charge in [-0.2, -0.15) is 0 Å². The van der Waals surface area contributed by atoms with Gasteiger partial charge in [-0.15, -0.1) is 0 Å². The highest BCUT2D eigenvalue weighted by Crippen LogP contribution is 2.22. The summed E-state index contributed by atoms with van der Waals surface area (Å²) in [4.78, 5) is 28.4. The van der Waals surface area contributed by atoms with Gasteiger partial charge >= 0.3 is 0 Å². The number of benzene rings is 1. The quantitative estimate of drug-likeness (QED) is 0.517. The first kappa shape index (κ1) is 24.1. The lowest BCUT2D eigenvalue weighted by molar-refractivity contribution is -0.131. The van der Waals surface area contributed by atoms with Crippen LogP contribution in [0.3, 0.4) is 0 Å². The number of hydrogen-bond donors (Lipinski definition) is 1. The molecule has 1 saturated heterocycles. The molecule has 1 aromatic carbocycles. The maximum atomic E-state index is 12.8. The monoisotopic (exact) mass is 440 g/mol. The van der Waals surface area contributed by atoms with E-state index in [9.17, 15) is 18.0 Å². The van der Waals surface area contributed by atoms with Gasteiger partial charge in [-0.25, -0.2) is 8.42 Å². The lowest BCUT2D eigenvalue weighted by Crippen LogP contribution is -2.53. The van der Waals surface area contributed by atoms with Crippen molar-refractivity contribution in [3.05, 3.63) is 29.8 Å². The molecule has 0 bridgehead atoms. The van der Waals surface area contributed by atoms with Crippen LogP contribution in [-0.2, 0) is 24.3 Å². The molecule has 1 fully saturated rings. The molecule has 1 N–H and O–H groups in total. The Hall–Kier alpha value is -2.17. The molecular weight excluding hydrogens is 408 g/mol. The van der Waals surface area contributed by atoms with Gasteiger partial charge in [0.25, 0.3) is 0 Å². The number of amides is 2. The van der Waals surface area contributed by atoms with Crippen molar-refractivity contribution in [1.82, 2.24) is 15.1 Å². The summed E-state index contributed by atoms with van der Waals surface area (Å²) in [7, 11) is -1.98. The predicted molar refractivity (Wildman–Crippen MR) is 116 cm³/mol. The highest BCUT2D eigenvalue weighted by atomic mass is 32.2. The number of hydrogen-bond acceptors (Lipinski definition) is 6. The number of para-hydroxylation sites is 1. The maximum Gasteiger partial charge on any atom is 0.243 e. The van der Waals surface area contributed by atoms with Crippen LogP contribution in [0.1, 0.15) is 12.0 Å². The number of sulfonamides is 1. The van der Waals surface area contributed by atoms with E-state index in [2.05, 4.69) is 5.32 Å². The summed E-state index contributed by atoms with van der Waals surface area (Å²) in [5, 5.41) is 2.85. The highest BCUT2D eigenvalue weighted by Gasteiger charge is 2.27. The summed E-state index contributed by atoms with van der Waals surface area (Å²) in [5.74, 6) is -0.291. The standard InChI is InChI=1S/C20H32N4O5S/c1-17-7-4-5-8-18(17)24(30(3,27)28)16-20(26)23-12-10-22(11-13-23)15-19(25)21-9-6-14-29-2/h4-5,7-8H,6,9-16H2,1-3H3,(H,21,25). The lowest BCUT2D eigenvalue weighted by atomic mass is 10.2. The van der Waals surface area contributed by atoms with Crippen molar-refractivity contribution in [1.29, 1.82) is 0 Å². The first-order chi connectivity index (χ1) is 14.2. The molecule has 1 aliphatic heterocycles. The minimum atomic E-state index is -3.60. The van der Waals surface area contributed by atoms with Crippen LogP contribution in [0, 0.1) is 6.92 Å². The average molecular weight is 441 g/mol.